The lowest BCUT2D eigenvalue weighted by molar-refractivity contribution is 0.144. The average molecular weight is 273 g/mol. The lowest BCUT2D eigenvalue weighted by Gasteiger charge is -2.23. The van der Waals surface area contributed by atoms with Gasteiger partial charge >= 0.3 is 0 Å². The molecule has 0 saturated heterocycles. The second-order valence-corrected chi connectivity index (χ2v) is 4.59. The van der Waals surface area contributed by atoms with E-state index < -0.39 is 6.10 Å². The third kappa shape index (κ3) is 2.75. The van der Waals surface area contributed by atoms with Crippen LogP contribution in [0.25, 0.3) is 0 Å². The molecule has 1 aromatic heterocycles. The Labute approximate surface area is 119 Å². The van der Waals surface area contributed by atoms with E-state index in [-0.39, 0.29) is 5.92 Å². The van der Waals surface area contributed by atoms with Crippen molar-refractivity contribution >= 4 is 0 Å². The van der Waals surface area contributed by atoms with Gasteiger partial charge in [0.15, 0.2) is 0 Å². The fourth-order valence-corrected chi connectivity index (χ4v) is 2.27. The normalized spacial score (nSPS) is 13.6. The van der Waals surface area contributed by atoms with E-state index >= 15 is 0 Å². The first-order valence-electron chi connectivity index (χ1n) is 6.48. The van der Waals surface area contributed by atoms with Crippen molar-refractivity contribution in [3.63, 3.8) is 0 Å². The number of benzene rings is 1. The standard InChI is InChI=1S/C16H19NO3/c1-11(12-7-9-17-10-8-12)16(18)15-13(19-2)5-4-6-14(15)20-3/h4-11,16,18H,1-3H3. The molecule has 0 aliphatic carbocycles. The minimum absolute atomic E-state index is 0.0943. The molecule has 1 heterocycles. The highest BCUT2D eigenvalue weighted by Crippen LogP contribution is 2.40. The number of methoxy groups -OCH3 is 2. The Morgan fingerprint density at radius 3 is 2.05 bits per heavy atom. The molecule has 4 nitrogen and oxygen atoms in total. The maximum Gasteiger partial charge on any atom is 0.128 e. The van der Waals surface area contributed by atoms with E-state index in [0.29, 0.717) is 17.1 Å². The van der Waals surface area contributed by atoms with Gasteiger partial charge < -0.3 is 14.6 Å². The van der Waals surface area contributed by atoms with Crippen LogP contribution in [0.3, 0.4) is 0 Å². The minimum Gasteiger partial charge on any atom is -0.496 e. The molecule has 0 amide bonds. The summed E-state index contributed by atoms with van der Waals surface area (Å²) in [6, 6.07) is 9.28. The summed E-state index contributed by atoms with van der Waals surface area (Å²) >= 11 is 0. The van der Waals surface area contributed by atoms with E-state index in [1.165, 1.54) is 0 Å². The summed E-state index contributed by atoms with van der Waals surface area (Å²) in [6.07, 6.45) is 2.72. The second kappa shape index (κ2) is 6.39. The lowest BCUT2D eigenvalue weighted by Crippen LogP contribution is -2.10. The number of aliphatic hydroxyl groups excluding tert-OH is 1. The van der Waals surface area contributed by atoms with Gasteiger partial charge in [-0.15, -0.1) is 0 Å². The molecule has 2 atom stereocenters. The van der Waals surface area contributed by atoms with Crippen LogP contribution < -0.4 is 9.47 Å². The molecule has 2 rings (SSSR count). The van der Waals surface area contributed by atoms with Gasteiger partial charge in [0.25, 0.3) is 0 Å². The van der Waals surface area contributed by atoms with Crippen LogP contribution in [0.1, 0.15) is 30.1 Å². The zero-order valence-corrected chi connectivity index (χ0v) is 11.9. The average Bonchev–Trinajstić information content (AvgIpc) is 2.53. The van der Waals surface area contributed by atoms with Gasteiger partial charge in [0.05, 0.1) is 25.9 Å². The van der Waals surface area contributed by atoms with Crippen LogP contribution in [0.2, 0.25) is 0 Å². The molecular weight excluding hydrogens is 254 g/mol. The molecule has 20 heavy (non-hydrogen) atoms. The van der Waals surface area contributed by atoms with Gasteiger partial charge in [0.2, 0.25) is 0 Å². The van der Waals surface area contributed by atoms with E-state index in [0.717, 1.165) is 5.56 Å². The fourth-order valence-electron chi connectivity index (χ4n) is 2.27. The first-order valence-corrected chi connectivity index (χ1v) is 6.48. The van der Waals surface area contributed by atoms with Crippen LogP contribution in [0.4, 0.5) is 0 Å². The van der Waals surface area contributed by atoms with Crippen LogP contribution in [0, 0.1) is 0 Å². The summed E-state index contributed by atoms with van der Waals surface area (Å²) in [5, 5.41) is 10.7. The number of pyridine rings is 1. The summed E-state index contributed by atoms with van der Waals surface area (Å²) in [5.74, 6) is 1.15. The molecule has 0 radical (unpaired) electrons. The number of hydrogen-bond acceptors (Lipinski definition) is 4. The fraction of sp³-hybridized carbons (Fsp3) is 0.312. The van der Waals surface area contributed by atoms with Crippen LogP contribution in [-0.4, -0.2) is 24.3 Å². The van der Waals surface area contributed by atoms with Gasteiger partial charge in [-0.05, 0) is 29.8 Å². The van der Waals surface area contributed by atoms with Crippen LogP contribution >= 0.6 is 0 Å². The molecule has 4 heteroatoms. The van der Waals surface area contributed by atoms with E-state index in [1.807, 2.05) is 37.3 Å². The molecule has 1 aromatic carbocycles. The molecule has 0 aliphatic rings. The number of nitrogens with zero attached hydrogens (tertiary/aromatic N) is 1. The monoisotopic (exact) mass is 273 g/mol. The third-order valence-electron chi connectivity index (χ3n) is 3.47. The minimum atomic E-state index is -0.719. The van der Waals surface area contributed by atoms with Crippen LogP contribution in [-0.2, 0) is 0 Å². The summed E-state index contributed by atoms with van der Waals surface area (Å²) in [4.78, 5) is 4.00. The summed E-state index contributed by atoms with van der Waals surface area (Å²) in [7, 11) is 3.17. The number of aromatic nitrogens is 1. The first kappa shape index (κ1) is 14.3. The number of aliphatic hydroxyl groups is 1. The van der Waals surface area contributed by atoms with Crippen molar-refractivity contribution in [2.75, 3.05) is 14.2 Å². The van der Waals surface area contributed by atoms with Gasteiger partial charge in [-0.1, -0.05) is 13.0 Å². The van der Waals surface area contributed by atoms with Crippen LogP contribution in [0.5, 0.6) is 11.5 Å². The van der Waals surface area contributed by atoms with Crippen molar-refractivity contribution < 1.29 is 14.6 Å². The second-order valence-electron chi connectivity index (χ2n) is 4.59. The molecule has 0 fully saturated rings. The zero-order chi connectivity index (χ0) is 14.5. The predicted octanol–water partition coefficient (Wildman–Crippen LogP) is 2.94. The Kier molecular flexibility index (Phi) is 4.58. The highest BCUT2D eigenvalue weighted by Gasteiger charge is 2.25. The molecule has 1 N–H and O–H groups in total. The number of hydrogen-bond donors (Lipinski definition) is 1. The van der Waals surface area contributed by atoms with Gasteiger partial charge in [0.1, 0.15) is 11.5 Å². The van der Waals surface area contributed by atoms with Gasteiger partial charge in [0, 0.05) is 18.3 Å². The van der Waals surface area contributed by atoms with Crippen molar-refractivity contribution in [2.24, 2.45) is 0 Å². The Morgan fingerprint density at radius 2 is 1.55 bits per heavy atom. The predicted molar refractivity (Wildman–Crippen MR) is 77.2 cm³/mol. The Hall–Kier alpha value is -2.07. The molecule has 0 aliphatic heterocycles. The Balaban J connectivity index is 2.40. The van der Waals surface area contributed by atoms with E-state index in [1.54, 1.807) is 26.6 Å². The SMILES string of the molecule is COc1cccc(OC)c1C(O)C(C)c1ccncc1. The Morgan fingerprint density at radius 1 is 1.00 bits per heavy atom. The highest BCUT2D eigenvalue weighted by molar-refractivity contribution is 5.47. The zero-order valence-electron chi connectivity index (χ0n) is 11.9. The van der Waals surface area contributed by atoms with Crippen LogP contribution in [0.15, 0.2) is 42.7 Å². The first-order chi connectivity index (χ1) is 9.69. The highest BCUT2D eigenvalue weighted by atomic mass is 16.5. The van der Waals surface area contributed by atoms with E-state index in [9.17, 15) is 5.11 Å². The number of ether oxygens (including phenoxy) is 2. The quantitative estimate of drug-likeness (QED) is 0.910. The third-order valence-corrected chi connectivity index (χ3v) is 3.47. The smallest absolute Gasteiger partial charge is 0.128 e. The summed E-state index contributed by atoms with van der Waals surface area (Å²) in [5.41, 5.74) is 1.68. The van der Waals surface area contributed by atoms with Gasteiger partial charge in [-0.25, -0.2) is 0 Å². The van der Waals surface area contributed by atoms with Crippen molar-refractivity contribution in [3.8, 4) is 11.5 Å². The maximum absolute atomic E-state index is 10.7. The van der Waals surface area contributed by atoms with Crippen molar-refractivity contribution in [3.05, 3.63) is 53.9 Å². The molecule has 2 aromatic rings. The van der Waals surface area contributed by atoms with Crippen molar-refractivity contribution in [1.82, 2.24) is 4.98 Å². The molecular formula is C16H19NO3. The molecule has 0 saturated carbocycles. The lowest BCUT2D eigenvalue weighted by atomic mass is 9.90. The summed E-state index contributed by atoms with van der Waals surface area (Å²) in [6.45, 7) is 1.96. The summed E-state index contributed by atoms with van der Waals surface area (Å²) < 4.78 is 10.7. The molecule has 0 spiro atoms. The largest absolute Gasteiger partial charge is 0.496 e. The molecule has 106 valence electrons. The van der Waals surface area contributed by atoms with E-state index in [4.69, 9.17) is 9.47 Å². The van der Waals surface area contributed by atoms with Gasteiger partial charge in [-0.2, -0.15) is 0 Å². The Bertz CT molecular complexity index is 535. The molecule has 0 bridgehead atoms. The topological polar surface area (TPSA) is 51.6 Å². The number of rotatable bonds is 5. The van der Waals surface area contributed by atoms with Crippen molar-refractivity contribution in [2.45, 2.75) is 18.9 Å². The molecule has 2 unspecified atom stereocenters. The maximum atomic E-state index is 10.7. The van der Waals surface area contributed by atoms with Gasteiger partial charge in [-0.3, -0.25) is 4.98 Å². The van der Waals surface area contributed by atoms with E-state index in [2.05, 4.69) is 4.98 Å². The van der Waals surface area contributed by atoms with Crippen molar-refractivity contribution in [1.29, 1.82) is 0 Å².